The summed E-state index contributed by atoms with van der Waals surface area (Å²) in [6.45, 7) is 2.89. The Kier molecular flexibility index (Phi) is 5.82. The topological polar surface area (TPSA) is 27.7 Å². The van der Waals surface area contributed by atoms with Crippen LogP contribution in [0, 0.1) is 5.92 Å². The summed E-state index contributed by atoms with van der Waals surface area (Å²) in [6.07, 6.45) is 6.72. The molecule has 0 aliphatic heterocycles. The van der Waals surface area contributed by atoms with Crippen LogP contribution in [0.5, 0.6) is 0 Å². The van der Waals surface area contributed by atoms with Gasteiger partial charge in [-0.1, -0.05) is 26.2 Å². The van der Waals surface area contributed by atoms with Crippen LogP contribution in [0.1, 0.15) is 39.0 Å². The van der Waals surface area contributed by atoms with E-state index in [0.29, 0.717) is 0 Å². The molecular weight excluding hydrogens is 208 g/mol. The van der Waals surface area contributed by atoms with Crippen molar-refractivity contribution in [2.45, 2.75) is 45.1 Å². The normalized spacial score (nSPS) is 19.4. The summed E-state index contributed by atoms with van der Waals surface area (Å²) in [6, 6.07) is 0.854. The fraction of sp³-hybridized carbons (Fsp3) is 1.00. The highest BCUT2D eigenvalue weighted by molar-refractivity contribution is 6.60. The van der Waals surface area contributed by atoms with Crippen molar-refractivity contribution in [2.75, 3.05) is 20.8 Å². The van der Waals surface area contributed by atoms with Crippen molar-refractivity contribution in [3.8, 4) is 0 Å². The summed E-state index contributed by atoms with van der Waals surface area (Å²) in [4.78, 5) is 0. The highest BCUT2D eigenvalue weighted by atomic mass is 28.4. The lowest BCUT2D eigenvalue weighted by Crippen LogP contribution is -2.44. The van der Waals surface area contributed by atoms with E-state index in [1.165, 1.54) is 32.1 Å². The molecule has 1 aliphatic rings. The maximum atomic E-state index is 5.91. The SMILES string of the molecule is CC[Si](OC)(OC)OCC1CCCCC1. The summed E-state index contributed by atoms with van der Waals surface area (Å²) in [5.74, 6) is 0.725. The van der Waals surface area contributed by atoms with E-state index in [0.717, 1.165) is 18.6 Å². The highest BCUT2D eigenvalue weighted by Crippen LogP contribution is 2.25. The molecule has 90 valence electrons. The van der Waals surface area contributed by atoms with Gasteiger partial charge in [0.1, 0.15) is 0 Å². The zero-order valence-electron chi connectivity index (χ0n) is 10.3. The Bertz CT molecular complexity index is 157. The monoisotopic (exact) mass is 232 g/mol. The maximum Gasteiger partial charge on any atom is 0.500 e. The summed E-state index contributed by atoms with van der Waals surface area (Å²) < 4.78 is 16.8. The first-order valence-corrected chi connectivity index (χ1v) is 7.93. The van der Waals surface area contributed by atoms with Crippen LogP contribution in [0.4, 0.5) is 0 Å². The lowest BCUT2D eigenvalue weighted by Gasteiger charge is -2.29. The number of hydrogen-bond acceptors (Lipinski definition) is 3. The maximum absolute atomic E-state index is 5.91. The van der Waals surface area contributed by atoms with Crippen molar-refractivity contribution >= 4 is 8.80 Å². The fourth-order valence-electron chi connectivity index (χ4n) is 2.19. The molecule has 0 aromatic rings. The second kappa shape index (κ2) is 6.63. The van der Waals surface area contributed by atoms with Crippen LogP contribution in [0.2, 0.25) is 6.04 Å². The van der Waals surface area contributed by atoms with E-state index >= 15 is 0 Å². The molecule has 0 spiro atoms. The molecule has 0 unspecified atom stereocenters. The van der Waals surface area contributed by atoms with E-state index in [1.54, 1.807) is 14.2 Å². The average Bonchev–Trinajstić information content (AvgIpc) is 2.33. The Morgan fingerprint density at radius 3 is 2.13 bits per heavy atom. The quantitative estimate of drug-likeness (QED) is 0.659. The Balaban J connectivity index is 2.31. The zero-order chi connectivity index (χ0) is 11.1. The molecule has 4 heteroatoms. The minimum absolute atomic E-state index is 0.725. The fourth-order valence-corrected chi connectivity index (χ4v) is 3.86. The van der Waals surface area contributed by atoms with E-state index < -0.39 is 8.80 Å². The third kappa shape index (κ3) is 3.87. The van der Waals surface area contributed by atoms with Crippen LogP contribution >= 0.6 is 0 Å². The molecule has 1 saturated carbocycles. The second-order valence-corrected chi connectivity index (χ2v) is 7.44. The van der Waals surface area contributed by atoms with Crippen LogP contribution in [0.15, 0.2) is 0 Å². The first kappa shape index (κ1) is 13.2. The third-order valence-corrected chi connectivity index (χ3v) is 6.04. The van der Waals surface area contributed by atoms with Crippen molar-refractivity contribution in [1.29, 1.82) is 0 Å². The molecule has 0 heterocycles. The van der Waals surface area contributed by atoms with Gasteiger partial charge in [-0.15, -0.1) is 0 Å². The predicted octanol–water partition coefficient (Wildman–Crippen LogP) is 2.83. The van der Waals surface area contributed by atoms with Crippen LogP contribution in [-0.2, 0) is 13.3 Å². The van der Waals surface area contributed by atoms with Crippen molar-refractivity contribution in [1.82, 2.24) is 0 Å². The number of hydrogen-bond donors (Lipinski definition) is 0. The van der Waals surface area contributed by atoms with Crippen LogP contribution in [0.3, 0.4) is 0 Å². The van der Waals surface area contributed by atoms with Gasteiger partial charge in [0.25, 0.3) is 0 Å². The van der Waals surface area contributed by atoms with Crippen molar-refractivity contribution < 1.29 is 13.3 Å². The molecule has 0 amide bonds. The molecule has 0 N–H and O–H groups in total. The molecule has 1 aliphatic carbocycles. The first-order valence-electron chi connectivity index (χ1n) is 6.00. The Morgan fingerprint density at radius 2 is 1.67 bits per heavy atom. The van der Waals surface area contributed by atoms with Crippen molar-refractivity contribution in [3.63, 3.8) is 0 Å². The van der Waals surface area contributed by atoms with E-state index in [1.807, 2.05) is 0 Å². The molecule has 3 nitrogen and oxygen atoms in total. The van der Waals surface area contributed by atoms with E-state index in [2.05, 4.69) is 6.92 Å². The van der Waals surface area contributed by atoms with Crippen molar-refractivity contribution in [2.24, 2.45) is 5.92 Å². The van der Waals surface area contributed by atoms with Gasteiger partial charge in [0, 0.05) is 26.9 Å². The molecule has 0 bridgehead atoms. The van der Waals surface area contributed by atoms with Gasteiger partial charge >= 0.3 is 8.80 Å². The van der Waals surface area contributed by atoms with Gasteiger partial charge in [-0.05, 0) is 18.8 Å². The van der Waals surface area contributed by atoms with Crippen LogP contribution in [0.25, 0.3) is 0 Å². The minimum Gasteiger partial charge on any atom is -0.377 e. The molecule has 0 aromatic heterocycles. The molecule has 0 radical (unpaired) electrons. The molecular formula is C11H24O3Si. The minimum atomic E-state index is -2.30. The lowest BCUT2D eigenvalue weighted by molar-refractivity contribution is 0.0754. The van der Waals surface area contributed by atoms with E-state index in [4.69, 9.17) is 13.3 Å². The Labute approximate surface area is 94.5 Å². The third-order valence-electron chi connectivity index (χ3n) is 3.32. The lowest BCUT2D eigenvalue weighted by atomic mass is 9.90. The first-order chi connectivity index (χ1) is 7.26. The van der Waals surface area contributed by atoms with E-state index in [-0.39, 0.29) is 0 Å². The van der Waals surface area contributed by atoms with Crippen molar-refractivity contribution in [3.05, 3.63) is 0 Å². The van der Waals surface area contributed by atoms with Crippen LogP contribution in [-0.4, -0.2) is 29.6 Å². The summed E-state index contributed by atoms with van der Waals surface area (Å²) in [5, 5.41) is 0. The molecule has 1 fully saturated rings. The van der Waals surface area contributed by atoms with Gasteiger partial charge in [-0.3, -0.25) is 0 Å². The Hall–Kier alpha value is 0.0969. The molecule has 1 rings (SSSR count). The summed E-state index contributed by atoms with van der Waals surface area (Å²) in [7, 11) is 1.09. The van der Waals surface area contributed by atoms with Gasteiger partial charge in [-0.25, -0.2) is 0 Å². The summed E-state index contributed by atoms with van der Waals surface area (Å²) in [5.41, 5.74) is 0. The number of rotatable bonds is 6. The zero-order valence-corrected chi connectivity index (χ0v) is 11.3. The van der Waals surface area contributed by atoms with Gasteiger partial charge in [-0.2, -0.15) is 0 Å². The van der Waals surface area contributed by atoms with Gasteiger partial charge in [0.15, 0.2) is 0 Å². The highest BCUT2D eigenvalue weighted by Gasteiger charge is 2.37. The summed E-state index contributed by atoms with van der Waals surface area (Å²) >= 11 is 0. The smallest absolute Gasteiger partial charge is 0.377 e. The van der Waals surface area contributed by atoms with Crippen LogP contribution < -0.4 is 0 Å². The second-order valence-electron chi connectivity index (χ2n) is 4.26. The largest absolute Gasteiger partial charge is 0.500 e. The van der Waals surface area contributed by atoms with Gasteiger partial charge in [0.2, 0.25) is 0 Å². The molecule has 0 atom stereocenters. The average molecular weight is 232 g/mol. The van der Waals surface area contributed by atoms with E-state index in [9.17, 15) is 0 Å². The molecule has 0 aromatic carbocycles. The molecule has 0 saturated heterocycles. The Morgan fingerprint density at radius 1 is 1.07 bits per heavy atom. The van der Waals surface area contributed by atoms with Gasteiger partial charge < -0.3 is 13.3 Å². The van der Waals surface area contributed by atoms with Gasteiger partial charge in [0.05, 0.1) is 0 Å². The molecule has 15 heavy (non-hydrogen) atoms. The standard InChI is InChI=1S/C11H24O3Si/c1-4-15(12-2,13-3)14-10-11-8-6-5-7-9-11/h11H,4-10H2,1-3H3. The predicted molar refractivity (Wildman–Crippen MR) is 62.8 cm³/mol.